The Morgan fingerprint density at radius 1 is 1.35 bits per heavy atom. The number of benzene rings is 1. The molecule has 1 aromatic carbocycles. The van der Waals surface area contributed by atoms with E-state index in [1.165, 1.54) is 41.9 Å². The van der Waals surface area contributed by atoms with E-state index in [9.17, 15) is 0 Å². The maximum Gasteiger partial charge on any atom is 0.00628 e. The third kappa shape index (κ3) is 6.52. The van der Waals surface area contributed by atoms with Crippen LogP contribution in [-0.4, -0.2) is 16.8 Å². The van der Waals surface area contributed by atoms with Gasteiger partial charge in [0.05, 0.1) is 0 Å². The maximum atomic E-state index is 3.65. The SMILES string of the molecule is CCSCCCC(CBr)Cc1cccc(C)c1. The molecule has 0 nitrogen and oxygen atoms in total. The average Bonchev–Trinajstić information content (AvgIpc) is 2.33. The molecule has 2 heteroatoms. The molecule has 1 aromatic rings. The molecule has 0 amide bonds. The Morgan fingerprint density at radius 2 is 2.18 bits per heavy atom. The van der Waals surface area contributed by atoms with Crippen molar-refractivity contribution in [3.05, 3.63) is 35.4 Å². The second-order valence-corrected chi connectivity index (χ2v) is 6.59. The van der Waals surface area contributed by atoms with Crippen molar-refractivity contribution in [3.8, 4) is 0 Å². The molecule has 1 atom stereocenters. The van der Waals surface area contributed by atoms with E-state index in [2.05, 4.69) is 65.8 Å². The summed E-state index contributed by atoms with van der Waals surface area (Å²) >= 11 is 5.71. The highest BCUT2D eigenvalue weighted by Crippen LogP contribution is 2.18. The Kier molecular flexibility index (Phi) is 8.04. The molecule has 0 heterocycles. The Labute approximate surface area is 119 Å². The van der Waals surface area contributed by atoms with Crippen molar-refractivity contribution >= 4 is 27.7 Å². The molecular weight excluding hydrogens is 292 g/mol. The Morgan fingerprint density at radius 3 is 2.82 bits per heavy atom. The first-order chi connectivity index (χ1) is 8.26. The van der Waals surface area contributed by atoms with Crippen LogP contribution < -0.4 is 0 Å². The molecular formula is C15H23BrS. The lowest BCUT2D eigenvalue weighted by Gasteiger charge is -2.14. The largest absolute Gasteiger partial charge is 0.162 e. The van der Waals surface area contributed by atoms with Crippen LogP contribution in [0, 0.1) is 12.8 Å². The van der Waals surface area contributed by atoms with E-state index in [0.29, 0.717) is 0 Å². The molecule has 17 heavy (non-hydrogen) atoms. The zero-order chi connectivity index (χ0) is 12.5. The third-order valence-corrected chi connectivity index (χ3v) is 4.83. The lowest BCUT2D eigenvalue weighted by Crippen LogP contribution is -2.07. The molecule has 0 N–H and O–H groups in total. The van der Waals surface area contributed by atoms with Gasteiger partial charge in [0.25, 0.3) is 0 Å². The molecule has 0 saturated carbocycles. The van der Waals surface area contributed by atoms with Crippen molar-refractivity contribution in [2.75, 3.05) is 16.8 Å². The lowest BCUT2D eigenvalue weighted by molar-refractivity contribution is 0.536. The molecule has 1 rings (SSSR count). The van der Waals surface area contributed by atoms with Gasteiger partial charge in [-0.3, -0.25) is 0 Å². The number of hydrogen-bond donors (Lipinski definition) is 0. The molecule has 0 aliphatic heterocycles. The minimum absolute atomic E-state index is 0.786. The van der Waals surface area contributed by atoms with Gasteiger partial charge < -0.3 is 0 Å². The van der Waals surface area contributed by atoms with Crippen LogP contribution in [-0.2, 0) is 6.42 Å². The van der Waals surface area contributed by atoms with Gasteiger partial charge in [-0.1, -0.05) is 52.7 Å². The molecule has 0 saturated heterocycles. The fourth-order valence-electron chi connectivity index (χ4n) is 2.02. The molecule has 0 aliphatic carbocycles. The summed E-state index contributed by atoms with van der Waals surface area (Å²) in [6.45, 7) is 4.41. The van der Waals surface area contributed by atoms with Crippen LogP contribution in [0.5, 0.6) is 0 Å². The summed E-state index contributed by atoms with van der Waals surface area (Å²) in [5, 5.41) is 1.12. The van der Waals surface area contributed by atoms with Crippen molar-refractivity contribution in [1.82, 2.24) is 0 Å². The Bertz CT molecular complexity index is 312. The monoisotopic (exact) mass is 314 g/mol. The van der Waals surface area contributed by atoms with Crippen LogP contribution in [0.2, 0.25) is 0 Å². The molecule has 0 spiro atoms. The van der Waals surface area contributed by atoms with E-state index in [4.69, 9.17) is 0 Å². The number of alkyl halides is 1. The fourth-order valence-corrected chi connectivity index (χ4v) is 3.24. The van der Waals surface area contributed by atoms with Gasteiger partial charge in [-0.15, -0.1) is 0 Å². The predicted octanol–water partition coefficient (Wildman–Crippen LogP) is 5.08. The van der Waals surface area contributed by atoms with Crippen LogP contribution in [0.1, 0.15) is 30.9 Å². The first kappa shape index (κ1) is 15.1. The standard InChI is InChI=1S/C15H23BrS/c1-3-17-9-5-8-15(12-16)11-14-7-4-6-13(2)10-14/h4,6-7,10,15H,3,5,8-9,11-12H2,1-2H3. The van der Waals surface area contributed by atoms with E-state index < -0.39 is 0 Å². The number of thioether (sulfide) groups is 1. The highest BCUT2D eigenvalue weighted by atomic mass is 79.9. The zero-order valence-electron chi connectivity index (χ0n) is 10.9. The third-order valence-electron chi connectivity index (χ3n) is 2.93. The number of hydrogen-bond acceptors (Lipinski definition) is 1. The highest BCUT2D eigenvalue weighted by molar-refractivity contribution is 9.09. The van der Waals surface area contributed by atoms with E-state index >= 15 is 0 Å². The molecule has 0 aliphatic rings. The summed E-state index contributed by atoms with van der Waals surface area (Å²) in [5.74, 6) is 3.35. The van der Waals surface area contributed by atoms with E-state index in [0.717, 1.165) is 11.2 Å². The zero-order valence-corrected chi connectivity index (χ0v) is 13.3. The second-order valence-electron chi connectivity index (χ2n) is 4.55. The summed E-state index contributed by atoms with van der Waals surface area (Å²) in [6.07, 6.45) is 3.90. The van der Waals surface area contributed by atoms with Gasteiger partial charge in [0.1, 0.15) is 0 Å². The quantitative estimate of drug-likeness (QED) is 0.476. The molecule has 0 bridgehead atoms. The van der Waals surface area contributed by atoms with Crippen LogP contribution in [0.3, 0.4) is 0 Å². The van der Waals surface area contributed by atoms with Crippen molar-refractivity contribution in [2.24, 2.45) is 5.92 Å². The number of rotatable bonds is 8. The van der Waals surface area contributed by atoms with E-state index in [1.54, 1.807) is 0 Å². The van der Waals surface area contributed by atoms with E-state index in [1.807, 2.05) is 0 Å². The average molecular weight is 315 g/mol. The van der Waals surface area contributed by atoms with Gasteiger partial charge in [0.15, 0.2) is 0 Å². The lowest BCUT2D eigenvalue weighted by atomic mass is 9.96. The van der Waals surface area contributed by atoms with E-state index in [-0.39, 0.29) is 0 Å². The van der Waals surface area contributed by atoms with Gasteiger partial charge in [-0.2, -0.15) is 11.8 Å². The van der Waals surface area contributed by atoms with Crippen molar-refractivity contribution in [2.45, 2.75) is 33.1 Å². The van der Waals surface area contributed by atoms with Crippen molar-refractivity contribution in [1.29, 1.82) is 0 Å². The minimum atomic E-state index is 0.786. The molecule has 1 unspecified atom stereocenters. The Balaban J connectivity index is 2.35. The topological polar surface area (TPSA) is 0 Å². The summed E-state index contributed by atoms with van der Waals surface area (Å²) in [7, 11) is 0. The Hall–Kier alpha value is 0.0500. The highest BCUT2D eigenvalue weighted by Gasteiger charge is 2.08. The summed E-state index contributed by atoms with van der Waals surface area (Å²) < 4.78 is 0. The normalized spacial score (nSPS) is 12.6. The summed E-state index contributed by atoms with van der Waals surface area (Å²) in [5.41, 5.74) is 2.86. The second kappa shape index (κ2) is 9.04. The molecule has 96 valence electrons. The van der Waals surface area contributed by atoms with Crippen molar-refractivity contribution in [3.63, 3.8) is 0 Å². The molecule has 0 fully saturated rings. The summed E-state index contributed by atoms with van der Waals surface area (Å²) in [4.78, 5) is 0. The van der Waals surface area contributed by atoms with Crippen LogP contribution in [0.25, 0.3) is 0 Å². The summed E-state index contributed by atoms with van der Waals surface area (Å²) in [6, 6.07) is 8.91. The fraction of sp³-hybridized carbons (Fsp3) is 0.600. The predicted molar refractivity (Wildman–Crippen MR) is 84.4 cm³/mol. The molecule has 0 radical (unpaired) electrons. The van der Waals surface area contributed by atoms with Gasteiger partial charge in [0, 0.05) is 5.33 Å². The van der Waals surface area contributed by atoms with Gasteiger partial charge in [-0.25, -0.2) is 0 Å². The van der Waals surface area contributed by atoms with Crippen LogP contribution in [0.15, 0.2) is 24.3 Å². The number of halogens is 1. The smallest absolute Gasteiger partial charge is 0.00628 e. The minimum Gasteiger partial charge on any atom is -0.162 e. The first-order valence-electron chi connectivity index (χ1n) is 6.45. The number of aryl methyl sites for hydroxylation is 1. The van der Waals surface area contributed by atoms with Gasteiger partial charge >= 0.3 is 0 Å². The molecule has 0 aromatic heterocycles. The van der Waals surface area contributed by atoms with Crippen LogP contribution >= 0.6 is 27.7 Å². The van der Waals surface area contributed by atoms with Crippen molar-refractivity contribution < 1.29 is 0 Å². The van der Waals surface area contributed by atoms with Gasteiger partial charge in [-0.05, 0) is 49.2 Å². The first-order valence-corrected chi connectivity index (χ1v) is 8.73. The van der Waals surface area contributed by atoms with Crippen LogP contribution in [0.4, 0.5) is 0 Å². The maximum absolute atomic E-state index is 3.65. The van der Waals surface area contributed by atoms with Gasteiger partial charge in [0.2, 0.25) is 0 Å².